The molecule has 1 saturated carbocycles. The fourth-order valence-electron chi connectivity index (χ4n) is 2.75. The summed E-state index contributed by atoms with van der Waals surface area (Å²) in [5.41, 5.74) is 2.87. The third-order valence-electron chi connectivity index (χ3n) is 4.35. The van der Waals surface area contributed by atoms with E-state index in [4.69, 9.17) is 0 Å². The van der Waals surface area contributed by atoms with Crippen LogP contribution in [0.4, 0.5) is 0 Å². The van der Waals surface area contributed by atoms with Crippen LogP contribution in [0.5, 0.6) is 0 Å². The predicted octanol–water partition coefficient (Wildman–Crippen LogP) is 3.26. The molecular formula is C19H22N2O2. The molecule has 3 rings (SSSR count). The van der Waals surface area contributed by atoms with Gasteiger partial charge in [0.2, 0.25) is 0 Å². The first-order chi connectivity index (χ1) is 11.0. The van der Waals surface area contributed by atoms with E-state index in [1.807, 2.05) is 6.92 Å². The number of benzene rings is 1. The van der Waals surface area contributed by atoms with E-state index in [-0.39, 0.29) is 23.1 Å². The van der Waals surface area contributed by atoms with E-state index in [0.29, 0.717) is 5.92 Å². The van der Waals surface area contributed by atoms with Crippen LogP contribution in [0.2, 0.25) is 0 Å². The highest BCUT2D eigenvalue weighted by atomic mass is 16.2. The van der Waals surface area contributed by atoms with Crippen molar-refractivity contribution in [3.05, 3.63) is 69.1 Å². The van der Waals surface area contributed by atoms with E-state index >= 15 is 0 Å². The summed E-state index contributed by atoms with van der Waals surface area (Å²) in [6.07, 6.45) is 3.38. The van der Waals surface area contributed by atoms with Gasteiger partial charge in [-0.2, -0.15) is 0 Å². The lowest BCUT2D eigenvalue weighted by molar-refractivity contribution is 0.0932. The molecule has 1 fully saturated rings. The average Bonchev–Trinajstić information content (AvgIpc) is 3.31. The lowest BCUT2D eigenvalue weighted by Crippen LogP contribution is -2.33. The summed E-state index contributed by atoms with van der Waals surface area (Å²) in [4.78, 5) is 27.1. The summed E-state index contributed by atoms with van der Waals surface area (Å²) in [6.45, 7) is 3.84. The zero-order valence-electron chi connectivity index (χ0n) is 13.6. The Bertz CT molecular complexity index is 758. The highest BCUT2D eigenvalue weighted by Crippen LogP contribution is 2.37. The average molecular weight is 310 g/mol. The quantitative estimate of drug-likeness (QED) is 0.890. The fourth-order valence-corrected chi connectivity index (χ4v) is 2.75. The van der Waals surface area contributed by atoms with Crippen LogP contribution in [0.1, 0.15) is 52.5 Å². The Hall–Kier alpha value is -2.36. The van der Waals surface area contributed by atoms with Crippen molar-refractivity contribution in [1.82, 2.24) is 10.3 Å². The summed E-state index contributed by atoms with van der Waals surface area (Å²) >= 11 is 0. The molecule has 0 saturated heterocycles. The van der Waals surface area contributed by atoms with Crippen molar-refractivity contribution >= 4 is 5.91 Å². The Kier molecular flexibility index (Phi) is 4.33. The van der Waals surface area contributed by atoms with Gasteiger partial charge in [-0.05, 0) is 43.9 Å². The van der Waals surface area contributed by atoms with Crippen LogP contribution >= 0.6 is 0 Å². The molecule has 0 spiro atoms. The van der Waals surface area contributed by atoms with Gasteiger partial charge in [0.05, 0.1) is 6.04 Å². The molecule has 1 aliphatic carbocycles. The molecular weight excluding hydrogens is 288 g/mol. The monoisotopic (exact) mass is 310 g/mol. The SMILES string of the molecule is Cc1ccc(C(CC2CC2)NC(=O)c2ccc(C)[nH]c2=O)cc1. The van der Waals surface area contributed by atoms with Crippen LogP contribution < -0.4 is 10.9 Å². The number of hydrogen-bond acceptors (Lipinski definition) is 2. The number of aromatic amines is 1. The first-order valence-electron chi connectivity index (χ1n) is 8.10. The van der Waals surface area contributed by atoms with Gasteiger partial charge in [0, 0.05) is 5.69 Å². The molecule has 4 nitrogen and oxygen atoms in total. The van der Waals surface area contributed by atoms with Gasteiger partial charge in [-0.3, -0.25) is 9.59 Å². The molecule has 1 aromatic carbocycles. The van der Waals surface area contributed by atoms with Crippen molar-refractivity contribution in [1.29, 1.82) is 0 Å². The van der Waals surface area contributed by atoms with Gasteiger partial charge in [0.25, 0.3) is 11.5 Å². The standard InChI is InChI=1S/C19H22N2O2/c1-12-3-8-15(9-4-12)17(11-14-6-7-14)21-19(23)16-10-5-13(2)20-18(16)22/h3-5,8-10,14,17H,6-7,11H2,1-2H3,(H,20,22)(H,21,23). The molecule has 1 heterocycles. The normalized spacial score (nSPS) is 15.2. The summed E-state index contributed by atoms with van der Waals surface area (Å²) in [5.74, 6) is 0.371. The van der Waals surface area contributed by atoms with Crippen molar-refractivity contribution in [3.8, 4) is 0 Å². The lowest BCUT2D eigenvalue weighted by Gasteiger charge is -2.19. The highest BCUT2D eigenvalue weighted by Gasteiger charge is 2.27. The second kappa shape index (κ2) is 6.41. The van der Waals surface area contributed by atoms with Gasteiger partial charge in [0.15, 0.2) is 0 Å². The molecule has 1 unspecified atom stereocenters. The zero-order valence-corrected chi connectivity index (χ0v) is 13.6. The van der Waals surface area contributed by atoms with Gasteiger partial charge in [-0.15, -0.1) is 0 Å². The number of H-pyrrole nitrogens is 1. The number of carbonyl (C=O) groups is 1. The van der Waals surface area contributed by atoms with Crippen molar-refractivity contribution in [2.75, 3.05) is 0 Å². The molecule has 0 radical (unpaired) electrons. The van der Waals surface area contributed by atoms with E-state index in [9.17, 15) is 9.59 Å². The molecule has 2 N–H and O–H groups in total. The van der Waals surface area contributed by atoms with Crippen LogP contribution in [-0.4, -0.2) is 10.9 Å². The second-order valence-electron chi connectivity index (χ2n) is 6.50. The highest BCUT2D eigenvalue weighted by molar-refractivity contribution is 5.94. The van der Waals surface area contributed by atoms with Crippen LogP contribution in [0, 0.1) is 19.8 Å². The van der Waals surface area contributed by atoms with E-state index < -0.39 is 0 Å². The second-order valence-corrected chi connectivity index (χ2v) is 6.50. The van der Waals surface area contributed by atoms with E-state index in [2.05, 4.69) is 34.6 Å². The van der Waals surface area contributed by atoms with Crippen molar-refractivity contribution in [2.45, 2.75) is 39.2 Å². The third-order valence-corrected chi connectivity index (χ3v) is 4.35. The number of aromatic nitrogens is 1. The lowest BCUT2D eigenvalue weighted by atomic mass is 9.99. The molecule has 23 heavy (non-hydrogen) atoms. The van der Waals surface area contributed by atoms with Crippen LogP contribution in [0.15, 0.2) is 41.2 Å². The maximum Gasteiger partial charge on any atom is 0.260 e. The first kappa shape index (κ1) is 15.5. The van der Waals surface area contributed by atoms with Crippen LogP contribution in [0.25, 0.3) is 0 Å². The minimum Gasteiger partial charge on any atom is -0.345 e. The number of hydrogen-bond donors (Lipinski definition) is 2. The Morgan fingerprint density at radius 1 is 1.17 bits per heavy atom. The molecule has 0 bridgehead atoms. The molecule has 1 aromatic heterocycles. The molecule has 0 aliphatic heterocycles. The summed E-state index contributed by atoms with van der Waals surface area (Å²) in [5, 5.41) is 3.04. The summed E-state index contributed by atoms with van der Waals surface area (Å²) < 4.78 is 0. The molecule has 1 aliphatic rings. The largest absolute Gasteiger partial charge is 0.345 e. The van der Waals surface area contributed by atoms with Crippen molar-refractivity contribution in [3.63, 3.8) is 0 Å². The maximum absolute atomic E-state index is 12.5. The maximum atomic E-state index is 12.5. The van der Waals surface area contributed by atoms with Crippen molar-refractivity contribution in [2.24, 2.45) is 5.92 Å². The van der Waals surface area contributed by atoms with Crippen LogP contribution in [0.3, 0.4) is 0 Å². The Labute approximate surface area is 135 Å². The first-order valence-corrected chi connectivity index (χ1v) is 8.10. The number of aryl methyl sites for hydroxylation is 2. The minimum absolute atomic E-state index is 0.0451. The Balaban J connectivity index is 1.81. The van der Waals surface area contributed by atoms with E-state index in [1.54, 1.807) is 19.1 Å². The zero-order chi connectivity index (χ0) is 16.4. The van der Waals surface area contributed by atoms with Gasteiger partial charge in [-0.25, -0.2) is 0 Å². The summed E-state index contributed by atoms with van der Waals surface area (Å²) in [6, 6.07) is 11.5. The fraction of sp³-hybridized carbons (Fsp3) is 0.368. The van der Waals surface area contributed by atoms with E-state index in [0.717, 1.165) is 17.7 Å². The molecule has 1 amide bonds. The number of carbonyl (C=O) groups excluding carboxylic acids is 1. The van der Waals surface area contributed by atoms with Gasteiger partial charge in [0.1, 0.15) is 5.56 Å². The number of rotatable bonds is 5. The Morgan fingerprint density at radius 3 is 2.48 bits per heavy atom. The number of nitrogens with one attached hydrogen (secondary N) is 2. The smallest absolute Gasteiger partial charge is 0.260 e. The van der Waals surface area contributed by atoms with Gasteiger partial charge < -0.3 is 10.3 Å². The molecule has 2 aromatic rings. The van der Waals surface area contributed by atoms with Crippen LogP contribution in [-0.2, 0) is 0 Å². The number of amides is 1. The molecule has 120 valence electrons. The predicted molar refractivity (Wildman–Crippen MR) is 90.5 cm³/mol. The third kappa shape index (κ3) is 3.89. The summed E-state index contributed by atoms with van der Waals surface area (Å²) in [7, 11) is 0. The Morgan fingerprint density at radius 2 is 1.87 bits per heavy atom. The number of pyridine rings is 1. The van der Waals surface area contributed by atoms with E-state index in [1.165, 1.54) is 18.4 Å². The topological polar surface area (TPSA) is 62.0 Å². The molecule has 1 atom stereocenters. The van der Waals surface area contributed by atoms with Gasteiger partial charge >= 0.3 is 0 Å². The molecule has 4 heteroatoms. The van der Waals surface area contributed by atoms with Gasteiger partial charge in [-0.1, -0.05) is 42.7 Å². The minimum atomic E-state index is -0.337. The van der Waals surface area contributed by atoms with Crippen molar-refractivity contribution < 1.29 is 4.79 Å².